The predicted molar refractivity (Wildman–Crippen MR) is 76.8 cm³/mol. The summed E-state index contributed by atoms with van der Waals surface area (Å²) in [5, 5.41) is 4.33. The SMILES string of the molecule is CCC1CN(C(=NC)NCC2(C)CC2)CCS1. The fraction of sp³-hybridized carbons (Fsp3) is 0.923. The average molecular weight is 255 g/mol. The van der Waals surface area contributed by atoms with Crippen LogP contribution in [0, 0.1) is 5.41 Å². The molecule has 98 valence electrons. The fourth-order valence-corrected chi connectivity index (χ4v) is 3.35. The van der Waals surface area contributed by atoms with Crippen LogP contribution in [-0.2, 0) is 0 Å². The van der Waals surface area contributed by atoms with E-state index in [0.717, 1.165) is 30.8 Å². The van der Waals surface area contributed by atoms with Crippen molar-refractivity contribution in [2.75, 3.05) is 32.4 Å². The summed E-state index contributed by atoms with van der Waals surface area (Å²) < 4.78 is 0. The lowest BCUT2D eigenvalue weighted by Crippen LogP contribution is -2.48. The van der Waals surface area contributed by atoms with Gasteiger partial charge < -0.3 is 10.2 Å². The van der Waals surface area contributed by atoms with Crippen molar-refractivity contribution in [1.29, 1.82) is 0 Å². The van der Waals surface area contributed by atoms with Crippen LogP contribution in [0.2, 0.25) is 0 Å². The molecule has 1 aliphatic carbocycles. The van der Waals surface area contributed by atoms with Crippen molar-refractivity contribution in [1.82, 2.24) is 10.2 Å². The van der Waals surface area contributed by atoms with Crippen LogP contribution >= 0.6 is 11.8 Å². The van der Waals surface area contributed by atoms with Crippen LogP contribution in [0.1, 0.15) is 33.1 Å². The molecule has 1 saturated carbocycles. The molecule has 0 bridgehead atoms. The molecule has 1 atom stereocenters. The van der Waals surface area contributed by atoms with Crippen LogP contribution in [0.3, 0.4) is 0 Å². The standard InChI is InChI=1S/C13H25N3S/c1-4-11-9-16(7-8-17-11)12(14-3)15-10-13(2)5-6-13/h11H,4-10H2,1-3H3,(H,14,15). The summed E-state index contributed by atoms with van der Waals surface area (Å²) in [4.78, 5) is 6.86. The van der Waals surface area contributed by atoms with Gasteiger partial charge in [0.25, 0.3) is 0 Å². The van der Waals surface area contributed by atoms with Gasteiger partial charge in [-0.15, -0.1) is 0 Å². The van der Waals surface area contributed by atoms with Crippen molar-refractivity contribution in [2.24, 2.45) is 10.4 Å². The molecule has 0 spiro atoms. The van der Waals surface area contributed by atoms with Crippen LogP contribution in [0.4, 0.5) is 0 Å². The number of guanidine groups is 1. The van der Waals surface area contributed by atoms with E-state index in [-0.39, 0.29) is 0 Å². The summed E-state index contributed by atoms with van der Waals surface area (Å²) in [5.74, 6) is 2.34. The van der Waals surface area contributed by atoms with Gasteiger partial charge in [-0.05, 0) is 24.7 Å². The molecule has 2 rings (SSSR count). The second-order valence-corrected chi connectivity index (χ2v) is 6.97. The van der Waals surface area contributed by atoms with Gasteiger partial charge in [0.1, 0.15) is 0 Å². The van der Waals surface area contributed by atoms with E-state index >= 15 is 0 Å². The molecule has 1 aliphatic heterocycles. The zero-order valence-corrected chi connectivity index (χ0v) is 12.1. The van der Waals surface area contributed by atoms with E-state index < -0.39 is 0 Å². The molecule has 0 radical (unpaired) electrons. The largest absolute Gasteiger partial charge is 0.356 e. The molecule has 0 aromatic rings. The molecule has 4 heteroatoms. The lowest BCUT2D eigenvalue weighted by atomic mass is 10.1. The van der Waals surface area contributed by atoms with E-state index in [1.54, 1.807) is 0 Å². The summed E-state index contributed by atoms with van der Waals surface area (Å²) in [6.45, 7) is 8.01. The van der Waals surface area contributed by atoms with E-state index in [1.165, 1.54) is 25.0 Å². The Hall–Kier alpha value is -0.380. The number of rotatable bonds is 3. The summed E-state index contributed by atoms with van der Waals surface area (Å²) in [5.41, 5.74) is 0.546. The first kappa shape index (κ1) is 13.1. The molecule has 2 aliphatic rings. The fourth-order valence-electron chi connectivity index (χ4n) is 2.17. The molecule has 1 heterocycles. The Morgan fingerprint density at radius 3 is 2.88 bits per heavy atom. The van der Waals surface area contributed by atoms with Crippen LogP contribution < -0.4 is 5.32 Å². The number of thioether (sulfide) groups is 1. The molecular formula is C13H25N3S. The second-order valence-electron chi connectivity index (χ2n) is 5.56. The maximum absolute atomic E-state index is 4.43. The zero-order chi connectivity index (χ0) is 12.3. The van der Waals surface area contributed by atoms with E-state index in [4.69, 9.17) is 0 Å². The second kappa shape index (κ2) is 5.51. The number of nitrogens with zero attached hydrogens (tertiary/aromatic N) is 2. The Morgan fingerprint density at radius 1 is 1.53 bits per heavy atom. The average Bonchev–Trinajstić information content (AvgIpc) is 3.09. The monoisotopic (exact) mass is 255 g/mol. The van der Waals surface area contributed by atoms with E-state index in [2.05, 4.69) is 40.8 Å². The lowest BCUT2D eigenvalue weighted by Gasteiger charge is -2.34. The number of hydrogen-bond acceptors (Lipinski definition) is 2. The zero-order valence-electron chi connectivity index (χ0n) is 11.3. The Balaban J connectivity index is 1.84. The van der Waals surface area contributed by atoms with Crippen LogP contribution in [0.25, 0.3) is 0 Å². The van der Waals surface area contributed by atoms with Crippen LogP contribution in [0.15, 0.2) is 4.99 Å². The number of hydrogen-bond donors (Lipinski definition) is 1. The van der Waals surface area contributed by atoms with Crippen molar-refractivity contribution in [3.8, 4) is 0 Å². The van der Waals surface area contributed by atoms with Gasteiger partial charge in [-0.3, -0.25) is 4.99 Å². The molecule has 3 nitrogen and oxygen atoms in total. The minimum atomic E-state index is 0.546. The Labute approximate surface area is 109 Å². The van der Waals surface area contributed by atoms with Gasteiger partial charge >= 0.3 is 0 Å². The van der Waals surface area contributed by atoms with E-state index in [1.807, 2.05) is 7.05 Å². The topological polar surface area (TPSA) is 27.6 Å². The van der Waals surface area contributed by atoms with Gasteiger partial charge in [-0.2, -0.15) is 11.8 Å². The number of nitrogens with one attached hydrogen (secondary N) is 1. The van der Waals surface area contributed by atoms with Crippen molar-refractivity contribution < 1.29 is 0 Å². The van der Waals surface area contributed by atoms with E-state index in [9.17, 15) is 0 Å². The third-order valence-electron chi connectivity index (χ3n) is 3.88. The maximum atomic E-state index is 4.43. The highest BCUT2D eigenvalue weighted by Crippen LogP contribution is 2.44. The molecule has 2 fully saturated rings. The Bertz CT molecular complexity index is 286. The summed E-state index contributed by atoms with van der Waals surface area (Å²) in [7, 11) is 1.90. The van der Waals surface area contributed by atoms with Crippen molar-refractivity contribution in [3.63, 3.8) is 0 Å². The molecule has 1 N–H and O–H groups in total. The maximum Gasteiger partial charge on any atom is 0.193 e. The van der Waals surface area contributed by atoms with Gasteiger partial charge in [0.05, 0.1) is 0 Å². The molecule has 1 saturated heterocycles. The highest BCUT2D eigenvalue weighted by molar-refractivity contribution is 8.00. The van der Waals surface area contributed by atoms with Crippen LogP contribution in [-0.4, -0.2) is 48.5 Å². The summed E-state index contributed by atoms with van der Waals surface area (Å²) >= 11 is 2.11. The van der Waals surface area contributed by atoms with Gasteiger partial charge in [0.2, 0.25) is 0 Å². The molecule has 0 amide bonds. The first-order valence-electron chi connectivity index (χ1n) is 6.74. The Morgan fingerprint density at radius 2 is 2.29 bits per heavy atom. The van der Waals surface area contributed by atoms with Crippen molar-refractivity contribution >= 4 is 17.7 Å². The molecular weight excluding hydrogens is 230 g/mol. The Kier molecular flexibility index (Phi) is 4.23. The first-order valence-corrected chi connectivity index (χ1v) is 7.79. The van der Waals surface area contributed by atoms with Crippen molar-refractivity contribution in [3.05, 3.63) is 0 Å². The highest BCUT2D eigenvalue weighted by atomic mass is 32.2. The molecule has 0 aromatic heterocycles. The normalized spacial score (nSPS) is 28.1. The van der Waals surface area contributed by atoms with Gasteiger partial charge in [-0.25, -0.2) is 0 Å². The minimum Gasteiger partial charge on any atom is -0.356 e. The van der Waals surface area contributed by atoms with E-state index in [0.29, 0.717) is 5.41 Å². The van der Waals surface area contributed by atoms with Gasteiger partial charge in [0.15, 0.2) is 5.96 Å². The van der Waals surface area contributed by atoms with Gasteiger partial charge in [-0.1, -0.05) is 13.8 Å². The minimum absolute atomic E-state index is 0.546. The predicted octanol–water partition coefficient (Wildman–Crippen LogP) is 2.19. The lowest BCUT2D eigenvalue weighted by molar-refractivity contribution is 0.400. The first-order chi connectivity index (χ1) is 8.17. The smallest absolute Gasteiger partial charge is 0.193 e. The van der Waals surface area contributed by atoms with Crippen LogP contribution in [0.5, 0.6) is 0 Å². The molecule has 17 heavy (non-hydrogen) atoms. The summed E-state index contributed by atoms with van der Waals surface area (Å²) in [6, 6.07) is 0. The molecule has 0 aromatic carbocycles. The number of aliphatic imine (C=N–C) groups is 1. The molecule has 1 unspecified atom stereocenters. The quantitative estimate of drug-likeness (QED) is 0.619. The third kappa shape index (κ3) is 3.54. The van der Waals surface area contributed by atoms with Crippen molar-refractivity contribution in [2.45, 2.75) is 38.4 Å². The third-order valence-corrected chi connectivity index (χ3v) is 5.25. The summed E-state index contributed by atoms with van der Waals surface area (Å²) in [6.07, 6.45) is 3.99. The highest BCUT2D eigenvalue weighted by Gasteiger charge is 2.37. The van der Waals surface area contributed by atoms with Gasteiger partial charge in [0, 0.05) is 37.7 Å².